The number of carbonyl (C=O) groups excluding carboxylic acids is 1. The second-order valence-corrected chi connectivity index (χ2v) is 5.30. The molecular weight excluding hydrogens is 336 g/mol. The van der Waals surface area contributed by atoms with Gasteiger partial charge in [0.25, 0.3) is 0 Å². The van der Waals surface area contributed by atoms with Crippen molar-refractivity contribution >= 4 is 38.6 Å². The fourth-order valence-corrected chi connectivity index (χ4v) is 2.38. The Labute approximate surface area is 131 Å². The van der Waals surface area contributed by atoms with Crippen molar-refractivity contribution in [3.8, 4) is 0 Å². The lowest BCUT2D eigenvalue weighted by Gasteiger charge is -2.07. The fraction of sp³-hybridized carbons (Fsp3) is 0.357. The first-order valence-electron chi connectivity index (χ1n) is 6.49. The summed E-state index contributed by atoms with van der Waals surface area (Å²) in [6, 6.07) is 5.75. The largest absolute Gasteiger partial charge is 0.466 e. The second-order valence-electron chi connectivity index (χ2n) is 4.39. The number of halogens is 1. The van der Waals surface area contributed by atoms with Crippen LogP contribution in [0.1, 0.15) is 13.3 Å². The Morgan fingerprint density at radius 1 is 1.57 bits per heavy atom. The van der Waals surface area contributed by atoms with E-state index in [0.29, 0.717) is 12.4 Å². The lowest BCUT2D eigenvalue weighted by atomic mass is 10.2. The summed E-state index contributed by atoms with van der Waals surface area (Å²) < 4.78 is 7.55. The molecule has 1 heterocycles. The topological polar surface area (TPSA) is 51.7 Å². The van der Waals surface area contributed by atoms with E-state index >= 15 is 0 Å². The molecule has 2 rings (SSSR count). The predicted molar refractivity (Wildman–Crippen MR) is 83.6 cm³/mol. The molecule has 0 aliphatic heterocycles. The van der Waals surface area contributed by atoms with E-state index < -0.39 is 0 Å². The Morgan fingerprint density at radius 3 is 3.00 bits per heavy atom. The van der Waals surface area contributed by atoms with Gasteiger partial charge < -0.3 is 4.74 Å². The van der Waals surface area contributed by atoms with Gasteiger partial charge in [-0.1, -0.05) is 20.9 Å². The molecule has 0 amide bonds. The molecule has 0 aliphatic rings. The molecule has 0 atom stereocenters. The van der Waals surface area contributed by atoms with E-state index in [9.17, 15) is 4.79 Å². The van der Waals surface area contributed by atoms with Gasteiger partial charge in [0.2, 0.25) is 5.82 Å². The molecule has 6 nitrogen and oxygen atoms in total. The third-order valence-corrected chi connectivity index (χ3v) is 3.49. The van der Waals surface area contributed by atoms with Crippen LogP contribution in [0, 0.1) is 6.57 Å². The molecule has 7 heteroatoms. The van der Waals surface area contributed by atoms with Crippen molar-refractivity contribution in [2.45, 2.75) is 13.3 Å². The SMILES string of the molecule is [C-]#[N+]N(CCC(=O)OCC)c1nn(C)c2cc(Br)ccc12. The molecule has 0 N–H and O–H groups in total. The first-order valence-corrected chi connectivity index (χ1v) is 7.29. The van der Waals surface area contributed by atoms with E-state index in [1.807, 2.05) is 25.2 Å². The zero-order valence-electron chi connectivity index (χ0n) is 11.8. The monoisotopic (exact) mass is 350 g/mol. The highest BCUT2D eigenvalue weighted by Crippen LogP contribution is 2.28. The summed E-state index contributed by atoms with van der Waals surface area (Å²) >= 11 is 3.42. The van der Waals surface area contributed by atoms with Crippen LogP contribution in [-0.2, 0) is 16.6 Å². The third kappa shape index (κ3) is 3.34. The Balaban J connectivity index is 2.27. The van der Waals surface area contributed by atoms with Crippen molar-refractivity contribution in [3.63, 3.8) is 0 Å². The van der Waals surface area contributed by atoms with Crippen LogP contribution in [0.3, 0.4) is 0 Å². The summed E-state index contributed by atoms with van der Waals surface area (Å²) in [5.41, 5.74) is 0.921. The fourth-order valence-electron chi connectivity index (χ4n) is 2.04. The van der Waals surface area contributed by atoms with Gasteiger partial charge in [0, 0.05) is 11.5 Å². The number of aryl methyl sites for hydroxylation is 1. The normalized spacial score (nSPS) is 10.4. The number of esters is 1. The van der Waals surface area contributed by atoms with Crippen LogP contribution in [0.4, 0.5) is 5.82 Å². The van der Waals surface area contributed by atoms with Gasteiger partial charge in [-0.3, -0.25) is 9.48 Å². The summed E-state index contributed by atoms with van der Waals surface area (Å²) in [6.07, 6.45) is 0.158. The van der Waals surface area contributed by atoms with Crippen LogP contribution in [0.5, 0.6) is 0 Å². The molecule has 0 aliphatic carbocycles. The van der Waals surface area contributed by atoms with E-state index in [2.05, 4.69) is 26.0 Å². The molecule has 1 aromatic carbocycles. The second kappa shape index (κ2) is 6.59. The van der Waals surface area contributed by atoms with Crippen molar-refractivity contribution in [1.29, 1.82) is 0 Å². The maximum Gasteiger partial charge on any atom is 0.307 e. The first kappa shape index (κ1) is 15.3. The zero-order valence-corrected chi connectivity index (χ0v) is 13.4. The van der Waals surface area contributed by atoms with E-state index in [0.717, 1.165) is 15.4 Å². The van der Waals surface area contributed by atoms with Gasteiger partial charge in [-0.2, -0.15) is 11.5 Å². The van der Waals surface area contributed by atoms with Gasteiger partial charge in [0.1, 0.15) is 6.54 Å². The van der Waals surface area contributed by atoms with Gasteiger partial charge in [0.05, 0.1) is 23.9 Å². The smallest absolute Gasteiger partial charge is 0.307 e. The number of nitrogens with zero attached hydrogens (tertiary/aromatic N) is 4. The van der Waals surface area contributed by atoms with Gasteiger partial charge in [0.15, 0.2) is 0 Å². The van der Waals surface area contributed by atoms with Crippen molar-refractivity contribution in [3.05, 3.63) is 34.2 Å². The number of hydrogen-bond acceptors (Lipinski definition) is 4. The standard InChI is InChI=1S/C14H15BrN4O2/c1-4-21-13(20)7-8-19(16-2)14-11-6-5-10(15)9-12(11)18(3)17-14/h5-6,9H,4,7-8H2,1,3H3. The number of aromatic nitrogens is 2. The number of ether oxygens (including phenoxy) is 1. The predicted octanol–water partition coefficient (Wildman–Crippen LogP) is 2.93. The Hall–Kier alpha value is -2.07. The summed E-state index contributed by atoms with van der Waals surface area (Å²) in [7, 11) is 1.83. The maximum atomic E-state index is 11.4. The lowest BCUT2D eigenvalue weighted by molar-refractivity contribution is -0.142. The highest BCUT2D eigenvalue weighted by Gasteiger charge is 2.20. The molecule has 1 aromatic heterocycles. The van der Waals surface area contributed by atoms with Crippen LogP contribution in [0.15, 0.2) is 22.7 Å². The molecule has 0 saturated heterocycles. The minimum Gasteiger partial charge on any atom is -0.466 e. The Morgan fingerprint density at radius 2 is 2.33 bits per heavy atom. The molecule has 110 valence electrons. The van der Waals surface area contributed by atoms with Crippen molar-refractivity contribution in [1.82, 2.24) is 9.78 Å². The summed E-state index contributed by atoms with van der Waals surface area (Å²) in [6.45, 7) is 9.67. The van der Waals surface area contributed by atoms with Crippen molar-refractivity contribution in [2.24, 2.45) is 7.05 Å². The van der Waals surface area contributed by atoms with Gasteiger partial charge in [-0.15, -0.1) is 5.10 Å². The van der Waals surface area contributed by atoms with Crippen LogP contribution in [0.2, 0.25) is 0 Å². The summed E-state index contributed by atoms with van der Waals surface area (Å²) in [5, 5.41) is 6.65. The lowest BCUT2D eigenvalue weighted by Crippen LogP contribution is -2.20. The van der Waals surface area contributed by atoms with E-state index in [1.165, 1.54) is 5.01 Å². The molecule has 0 unspecified atom stereocenters. The van der Waals surface area contributed by atoms with Crippen LogP contribution < -0.4 is 5.01 Å². The molecule has 0 fully saturated rings. The van der Waals surface area contributed by atoms with Crippen molar-refractivity contribution < 1.29 is 9.53 Å². The van der Waals surface area contributed by atoms with Crippen LogP contribution in [-0.4, -0.2) is 28.9 Å². The molecule has 0 saturated carbocycles. The molecule has 21 heavy (non-hydrogen) atoms. The molecule has 2 aromatic rings. The van der Waals surface area contributed by atoms with Crippen molar-refractivity contribution in [2.75, 3.05) is 18.2 Å². The molecule has 0 bridgehead atoms. The summed E-state index contributed by atoms with van der Waals surface area (Å²) in [5.74, 6) is 0.244. The van der Waals surface area contributed by atoms with E-state index in [4.69, 9.17) is 11.3 Å². The Kier molecular flexibility index (Phi) is 4.81. The molecule has 0 radical (unpaired) electrons. The first-order chi connectivity index (χ1) is 10.1. The van der Waals surface area contributed by atoms with E-state index in [1.54, 1.807) is 11.6 Å². The van der Waals surface area contributed by atoms with E-state index in [-0.39, 0.29) is 18.9 Å². The number of carbonyl (C=O) groups is 1. The van der Waals surface area contributed by atoms with Gasteiger partial charge >= 0.3 is 5.97 Å². The molecular formula is C14H15BrN4O2. The number of benzene rings is 1. The highest BCUT2D eigenvalue weighted by atomic mass is 79.9. The number of fused-ring (bicyclic) bond motifs is 1. The van der Waals surface area contributed by atoms with Gasteiger partial charge in [-0.25, -0.2) is 0 Å². The van der Waals surface area contributed by atoms with Crippen LogP contribution in [0.25, 0.3) is 15.9 Å². The number of anilines is 1. The third-order valence-electron chi connectivity index (χ3n) is 2.99. The maximum absolute atomic E-state index is 11.4. The van der Waals surface area contributed by atoms with Gasteiger partial charge in [-0.05, 0) is 25.1 Å². The minimum atomic E-state index is -0.311. The minimum absolute atomic E-state index is 0.158. The average molecular weight is 351 g/mol. The average Bonchev–Trinajstić information content (AvgIpc) is 2.77. The number of rotatable bonds is 5. The van der Waals surface area contributed by atoms with Crippen LogP contribution >= 0.6 is 15.9 Å². The Bertz CT molecular complexity index is 705. The summed E-state index contributed by atoms with van der Waals surface area (Å²) in [4.78, 5) is 14.9. The highest BCUT2D eigenvalue weighted by molar-refractivity contribution is 9.10. The zero-order chi connectivity index (χ0) is 15.4. The molecule has 0 spiro atoms. The number of hydrogen-bond donors (Lipinski definition) is 0. The quantitative estimate of drug-likeness (QED) is 0.472.